The summed E-state index contributed by atoms with van der Waals surface area (Å²) < 4.78 is 49.8. The third-order valence-corrected chi connectivity index (χ3v) is 3.07. The molecular formula is C15H22F3NO2. The molecule has 1 aromatic carbocycles. The minimum Gasteiger partial charge on any atom is -0.494 e. The van der Waals surface area contributed by atoms with E-state index in [9.17, 15) is 13.2 Å². The van der Waals surface area contributed by atoms with Gasteiger partial charge in [0, 0.05) is 6.04 Å². The Morgan fingerprint density at radius 1 is 1.05 bits per heavy atom. The second kappa shape index (κ2) is 7.54. The molecule has 0 spiro atoms. The van der Waals surface area contributed by atoms with Crippen molar-refractivity contribution in [2.75, 3.05) is 13.2 Å². The Morgan fingerprint density at radius 3 is 2.10 bits per heavy atom. The molecule has 1 aromatic rings. The van der Waals surface area contributed by atoms with Gasteiger partial charge in [-0.1, -0.05) is 6.92 Å². The predicted molar refractivity (Wildman–Crippen MR) is 75.8 cm³/mol. The van der Waals surface area contributed by atoms with Gasteiger partial charge < -0.3 is 15.2 Å². The maximum atomic E-state index is 13.1. The molecule has 2 N–H and O–H groups in total. The first kappa shape index (κ1) is 17.6. The molecule has 120 valence electrons. The zero-order valence-corrected chi connectivity index (χ0v) is 12.6. The number of alkyl halides is 3. The van der Waals surface area contributed by atoms with Crippen LogP contribution >= 0.6 is 0 Å². The highest BCUT2D eigenvalue weighted by molar-refractivity contribution is 5.48. The number of hydrogen-bond acceptors (Lipinski definition) is 3. The van der Waals surface area contributed by atoms with Crippen LogP contribution in [-0.2, 0) is 12.6 Å². The van der Waals surface area contributed by atoms with E-state index in [1.165, 1.54) is 6.07 Å². The molecule has 0 bridgehead atoms. The summed E-state index contributed by atoms with van der Waals surface area (Å²) in [6.45, 7) is 5.76. The van der Waals surface area contributed by atoms with Crippen molar-refractivity contribution in [2.24, 2.45) is 5.73 Å². The van der Waals surface area contributed by atoms with Crippen molar-refractivity contribution in [2.45, 2.75) is 45.8 Å². The molecule has 0 aromatic heterocycles. The van der Waals surface area contributed by atoms with Crippen LogP contribution in [0.1, 0.15) is 38.3 Å². The maximum Gasteiger partial charge on any atom is 0.420 e. The summed E-state index contributed by atoms with van der Waals surface area (Å²) >= 11 is 0. The molecule has 1 atom stereocenters. The van der Waals surface area contributed by atoms with Gasteiger partial charge >= 0.3 is 6.18 Å². The number of ether oxygens (including phenoxy) is 2. The molecule has 0 saturated carbocycles. The number of hydrogen-bond donors (Lipinski definition) is 1. The van der Waals surface area contributed by atoms with E-state index in [1.807, 2.05) is 6.92 Å². The van der Waals surface area contributed by atoms with E-state index in [1.54, 1.807) is 13.8 Å². The quantitative estimate of drug-likeness (QED) is 0.833. The predicted octanol–water partition coefficient (Wildman–Crippen LogP) is 3.78. The van der Waals surface area contributed by atoms with Crippen molar-refractivity contribution in [1.29, 1.82) is 0 Å². The van der Waals surface area contributed by atoms with E-state index in [0.29, 0.717) is 18.6 Å². The number of benzene rings is 1. The smallest absolute Gasteiger partial charge is 0.420 e. The largest absolute Gasteiger partial charge is 0.494 e. The molecule has 1 rings (SSSR count). The van der Waals surface area contributed by atoms with Gasteiger partial charge in [-0.05, 0) is 44.4 Å². The number of halogens is 3. The lowest BCUT2D eigenvalue weighted by Gasteiger charge is -2.19. The van der Waals surface area contributed by atoms with E-state index in [0.717, 1.165) is 12.5 Å². The first-order valence-corrected chi connectivity index (χ1v) is 7.08. The Morgan fingerprint density at radius 2 is 1.62 bits per heavy atom. The summed E-state index contributed by atoms with van der Waals surface area (Å²) in [6, 6.07) is 2.27. The van der Waals surface area contributed by atoms with Gasteiger partial charge in [0.2, 0.25) is 0 Å². The molecule has 6 heteroatoms. The van der Waals surface area contributed by atoms with Gasteiger partial charge in [-0.25, -0.2) is 0 Å². The van der Waals surface area contributed by atoms with Crippen LogP contribution in [0.25, 0.3) is 0 Å². The third-order valence-electron chi connectivity index (χ3n) is 3.07. The Kier molecular flexibility index (Phi) is 6.33. The van der Waals surface area contributed by atoms with E-state index in [4.69, 9.17) is 15.2 Å². The molecule has 0 aliphatic rings. The molecule has 0 fully saturated rings. The van der Waals surface area contributed by atoms with Crippen LogP contribution in [0.3, 0.4) is 0 Å². The van der Waals surface area contributed by atoms with E-state index in [2.05, 4.69) is 0 Å². The van der Waals surface area contributed by atoms with Gasteiger partial charge in [0.1, 0.15) is 17.1 Å². The van der Waals surface area contributed by atoms with Crippen molar-refractivity contribution >= 4 is 0 Å². The molecule has 3 nitrogen and oxygen atoms in total. The summed E-state index contributed by atoms with van der Waals surface area (Å²) in [5, 5.41) is 0. The second-order valence-electron chi connectivity index (χ2n) is 4.69. The van der Waals surface area contributed by atoms with Crippen molar-refractivity contribution in [3.05, 3.63) is 23.3 Å². The van der Waals surface area contributed by atoms with Crippen molar-refractivity contribution in [1.82, 2.24) is 0 Å². The molecule has 0 saturated heterocycles. The van der Waals surface area contributed by atoms with E-state index >= 15 is 0 Å². The molecule has 0 heterocycles. The molecule has 0 radical (unpaired) electrons. The molecule has 0 aliphatic carbocycles. The van der Waals surface area contributed by atoms with Crippen LogP contribution in [0.2, 0.25) is 0 Å². The number of rotatable bonds is 7. The van der Waals surface area contributed by atoms with Crippen LogP contribution < -0.4 is 15.2 Å². The zero-order chi connectivity index (χ0) is 16.0. The second-order valence-corrected chi connectivity index (χ2v) is 4.69. The molecule has 0 amide bonds. The lowest BCUT2D eigenvalue weighted by Crippen LogP contribution is -2.22. The van der Waals surface area contributed by atoms with Crippen molar-refractivity contribution in [3.63, 3.8) is 0 Å². The lowest BCUT2D eigenvalue weighted by molar-refractivity contribution is -0.139. The maximum absolute atomic E-state index is 13.1. The van der Waals surface area contributed by atoms with E-state index in [-0.39, 0.29) is 24.1 Å². The Hall–Kier alpha value is -1.43. The summed E-state index contributed by atoms with van der Waals surface area (Å²) in [6.07, 6.45) is -3.30. The fourth-order valence-corrected chi connectivity index (χ4v) is 1.97. The van der Waals surface area contributed by atoms with Gasteiger partial charge in [-0.2, -0.15) is 13.2 Å². The highest BCUT2D eigenvalue weighted by atomic mass is 19.4. The highest BCUT2D eigenvalue weighted by Gasteiger charge is 2.35. The fraction of sp³-hybridized carbons (Fsp3) is 0.600. The van der Waals surface area contributed by atoms with Crippen LogP contribution in [-0.4, -0.2) is 19.3 Å². The van der Waals surface area contributed by atoms with Gasteiger partial charge in [0.05, 0.1) is 13.2 Å². The van der Waals surface area contributed by atoms with Crippen LogP contribution in [0, 0.1) is 0 Å². The molecule has 1 unspecified atom stereocenters. The molecular weight excluding hydrogens is 283 g/mol. The van der Waals surface area contributed by atoms with E-state index < -0.39 is 11.7 Å². The number of nitrogens with two attached hydrogens (primary N) is 1. The SMILES string of the molecule is CCOc1cc(C(F)(F)F)c(OCC)cc1CC(N)CC. The van der Waals surface area contributed by atoms with Gasteiger partial charge in [0.25, 0.3) is 0 Å². The first-order chi connectivity index (χ1) is 9.83. The average Bonchev–Trinajstić information content (AvgIpc) is 2.40. The summed E-state index contributed by atoms with van der Waals surface area (Å²) in [4.78, 5) is 0. The standard InChI is InChI=1S/C15H22F3NO2/c1-4-11(19)7-10-8-14(21-6-3)12(15(16,17)18)9-13(10)20-5-2/h8-9,11H,4-7,19H2,1-3H3. The molecule has 0 aliphatic heterocycles. The minimum atomic E-state index is -4.48. The highest BCUT2D eigenvalue weighted by Crippen LogP contribution is 2.40. The van der Waals surface area contributed by atoms with Crippen LogP contribution in [0.5, 0.6) is 11.5 Å². The summed E-state index contributed by atoms with van der Waals surface area (Å²) in [7, 11) is 0. The van der Waals surface area contributed by atoms with Crippen molar-refractivity contribution < 1.29 is 22.6 Å². The van der Waals surface area contributed by atoms with Crippen LogP contribution in [0.4, 0.5) is 13.2 Å². The third kappa shape index (κ3) is 4.81. The van der Waals surface area contributed by atoms with Gasteiger partial charge in [-0.3, -0.25) is 0 Å². The minimum absolute atomic E-state index is 0.129. The fourth-order valence-electron chi connectivity index (χ4n) is 1.97. The summed E-state index contributed by atoms with van der Waals surface area (Å²) in [5.74, 6) is 0.0453. The molecule has 21 heavy (non-hydrogen) atoms. The summed E-state index contributed by atoms with van der Waals surface area (Å²) in [5.41, 5.74) is 5.72. The van der Waals surface area contributed by atoms with Gasteiger partial charge in [-0.15, -0.1) is 0 Å². The van der Waals surface area contributed by atoms with Gasteiger partial charge in [0.15, 0.2) is 0 Å². The Balaban J connectivity index is 3.31. The lowest BCUT2D eigenvalue weighted by atomic mass is 10.0. The average molecular weight is 305 g/mol. The van der Waals surface area contributed by atoms with Crippen LogP contribution in [0.15, 0.2) is 12.1 Å². The first-order valence-electron chi connectivity index (χ1n) is 7.08. The normalized spacial score (nSPS) is 13.1. The Bertz CT molecular complexity index is 461. The Labute approximate surface area is 123 Å². The monoisotopic (exact) mass is 305 g/mol. The van der Waals surface area contributed by atoms with Crippen molar-refractivity contribution in [3.8, 4) is 11.5 Å². The zero-order valence-electron chi connectivity index (χ0n) is 12.6. The topological polar surface area (TPSA) is 44.5 Å².